The van der Waals surface area contributed by atoms with Crippen molar-refractivity contribution in [3.8, 4) is 11.1 Å². The number of hydrogen-bond donors (Lipinski definition) is 2. The summed E-state index contributed by atoms with van der Waals surface area (Å²) < 4.78 is 27.7. The van der Waals surface area contributed by atoms with Gasteiger partial charge >= 0.3 is 0 Å². The standard InChI is InChI=1S/C20H20F2N4O/c1-26-9-7-12(8-10-26)20(27)23-19-15-11-13(5-6-17(15)24-25-19)14-3-2-4-16(21)18(14)22/h2-6,11-12H,7-10H2,1H3,(H2,23,24,25,27). The van der Waals surface area contributed by atoms with Crippen LogP contribution >= 0.6 is 0 Å². The fraction of sp³-hybridized carbons (Fsp3) is 0.300. The van der Waals surface area contributed by atoms with Crippen molar-refractivity contribution in [1.29, 1.82) is 0 Å². The van der Waals surface area contributed by atoms with Crippen molar-refractivity contribution in [3.05, 3.63) is 48.0 Å². The van der Waals surface area contributed by atoms with Gasteiger partial charge in [-0.15, -0.1) is 0 Å². The third-order valence-corrected chi connectivity index (χ3v) is 5.16. The van der Waals surface area contributed by atoms with Crippen molar-refractivity contribution in [2.24, 2.45) is 5.92 Å². The number of fused-ring (bicyclic) bond motifs is 1. The molecule has 1 aromatic heterocycles. The number of anilines is 1. The first kappa shape index (κ1) is 17.6. The second kappa shape index (κ2) is 7.08. The van der Waals surface area contributed by atoms with Crippen molar-refractivity contribution < 1.29 is 13.6 Å². The monoisotopic (exact) mass is 370 g/mol. The summed E-state index contributed by atoms with van der Waals surface area (Å²) in [5, 5.41) is 10.6. The summed E-state index contributed by atoms with van der Waals surface area (Å²) in [6.07, 6.45) is 1.62. The highest BCUT2D eigenvalue weighted by atomic mass is 19.2. The summed E-state index contributed by atoms with van der Waals surface area (Å²) in [4.78, 5) is 14.8. The molecule has 0 saturated carbocycles. The number of carbonyl (C=O) groups is 1. The number of carbonyl (C=O) groups excluding carboxylic acids is 1. The minimum Gasteiger partial charge on any atom is -0.308 e. The van der Waals surface area contributed by atoms with Crippen LogP contribution in [0.3, 0.4) is 0 Å². The molecule has 4 rings (SSSR count). The lowest BCUT2D eigenvalue weighted by molar-refractivity contribution is -0.121. The van der Waals surface area contributed by atoms with Crippen LogP contribution in [0.1, 0.15) is 12.8 Å². The summed E-state index contributed by atoms with van der Waals surface area (Å²) in [7, 11) is 2.04. The number of H-pyrrole nitrogens is 1. The van der Waals surface area contributed by atoms with Crippen molar-refractivity contribution in [3.63, 3.8) is 0 Å². The molecule has 2 heterocycles. The molecular formula is C20H20F2N4O. The van der Waals surface area contributed by atoms with E-state index in [0.29, 0.717) is 22.3 Å². The van der Waals surface area contributed by atoms with Crippen LogP contribution in [0.4, 0.5) is 14.6 Å². The second-order valence-corrected chi connectivity index (χ2v) is 7.00. The number of rotatable bonds is 3. The van der Waals surface area contributed by atoms with E-state index in [1.165, 1.54) is 12.1 Å². The van der Waals surface area contributed by atoms with E-state index in [1.807, 2.05) is 7.05 Å². The molecule has 27 heavy (non-hydrogen) atoms. The van der Waals surface area contributed by atoms with E-state index in [1.54, 1.807) is 18.2 Å². The first-order valence-corrected chi connectivity index (χ1v) is 8.95. The molecule has 2 N–H and O–H groups in total. The van der Waals surface area contributed by atoms with E-state index in [2.05, 4.69) is 20.4 Å². The molecule has 7 heteroatoms. The first-order valence-electron chi connectivity index (χ1n) is 8.95. The number of piperidine rings is 1. The molecule has 0 unspecified atom stereocenters. The molecule has 1 aliphatic heterocycles. The molecule has 0 aliphatic carbocycles. The van der Waals surface area contributed by atoms with Gasteiger partial charge in [-0.1, -0.05) is 18.2 Å². The van der Waals surface area contributed by atoms with Gasteiger partial charge in [0.05, 0.1) is 5.52 Å². The summed E-state index contributed by atoms with van der Waals surface area (Å²) in [5.41, 5.74) is 1.41. The lowest BCUT2D eigenvalue weighted by Crippen LogP contribution is -2.36. The van der Waals surface area contributed by atoms with Gasteiger partial charge < -0.3 is 10.2 Å². The van der Waals surface area contributed by atoms with Crippen molar-refractivity contribution >= 4 is 22.6 Å². The van der Waals surface area contributed by atoms with E-state index >= 15 is 0 Å². The molecule has 2 aromatic carbocycles. The average Bonchev–Trinajstić information content (AvgIpc) is 3.06. The van der Waals surface area contributed by atoms with Gasteiger partial charge in [-0.3, -0.25) is 9.89 Å². The molecule has 140 valence electrons. The number of benzene rings is 2. The van der Waals surface area contributed by atoms with Gasteiger partial charge in [0, 0.05) is 16.9 Å². The molecule has 0 spiro atoms. The van der Waals surface area contributed by atoms with Crippen LogP contribution in [0.25, 0.3) is 22.0 Å². The highest BCUT2D eigenvalue weighted by Gasteiger charge is 2.24. The number of amides is 1. The van der Waals surface area contributed by atoms with Gasteiger partial charge in [-0.2, -0.15) is 5.10 Å². The van der Waals surface area contributed by atoms with Crippen molar-refractivity contribution in [2.75, 3.05) is 25.5 Å². The Balaban J connectivity index is 1.63. The predicted molar refractivity (Wildman–Crippen MR) is 100 cm³/mol. The summed E-state index contributed by atoms with van der Waals surface area (Å²) in [6, 6.07) is 9.23. The molecule has 5 nitrogen and oxygen atoms in total. The van der Waals surface area contributed by atoms with Crippen LogP contribution < -0.4 is 5.32 Å². The lowest BCUT2D eigenvalue weighted by atomic mass is 9.96. The van der Waals surface area contributed by atoms with Gasteiger partial charge in [-0.05, 0) is 56.7 Å². The zero-order valence-electron chi connectivity index (χ0n) is 14.9. The topological polar surface area (TPSA) is 61.0 Å². The third kappa shape index (κ3) is 3.42. The van der Waals surface area contributed by atoms with Gasteiger partial charge in [0.15, 0.2) is 17.5 Å². The number of aromatic nitrogens is 2. The van der Waals surface area contributed by atoms with E-state index in [4.69, 9.17) is 0 Å². The van der Waals surface area contributed by atoms with Crippen LogP contribution in [0.15, 0.2) is 36.4 Å². The molecule has 0 atom stereocenters. The Morgan fingerprint density at radius 1 is 1.22 bits per heavy atom. The summed E-state index contributed by atoms with van der Waals surface area (Å²) >= 11 is 0. The quantitative estimate of drug-likeness (QED) is 0.737. The molecule has 0 bridgehead atoms. The summed E-state index contributed by atoms with van der Waals surface area (Å²) in [5.74, 6) is -1.48. The number of likely N-dealkylation sites (tertiary alicyclic amines) is 1. The van der Waals surface area contributed by atoms with E-state index in [9.17, 15) is 13.6 Å². The molecule has 3 aromatic rings. The van der Waals surface area contributed by atoms with Gasteiger partial charge in [-0.25, -0.2) is 8.78 Å². The SMILES string of the molecule is CN1CCC(C(=O)Nc2n[nH]c3ccc(-c4cccc(F)c4F)cc23)CC1. The van der Waals surface area contributed by atoms with Crippen LogP contribution in [0.2, 0.25) is 0 Å². The molecule has 1 fully saturated rings. The highest BCUT2D eigenvalue weighted by Crippen LogP contribution is 2.30. The fourth-order valence-electron chi connectivity index (χ4n) is 3.49. The maximum absolute atomic E-state index is 14.1. The normalized spacial score (nSPS) is 16.0. The van der Waals surface area contributed by atoms with Gasteiger partial charge in [0.2, 0.25) is 5.91 Å². The smallest absolute Gasteiger partial charge is 0.228 e. The van der Waals surface area contributed by atoms with E-state index in [0.717, 1.165) is 32.0 Å². The van der Waals surface area contributed by atoms with Crippen molar-refractivity contribution in [2.45, 2.75) is 12.8 Å². The van der Waals surface area contributed by atoms with Crippen LogP contribution in [0, 0.1) is 17.6 Å². The zero-order chi connectivity index (χ0) is 19.0. The first-order chi connectivity index (χ1) is 13.0. The zero-order valence-corrected chi connectivity index (χ0v) is 14.9. The second-order valence-electron chi connectivity index (χ2n) is 7.00. The Morgan fingerprint density at radius 2 is 2.00 bits per heavy atom. The van der Waals surface area contributed by atoms with E-state index < -0.39 is 11.6 Å². The Bertz CT molecular complexity index is 993. The van der Waals surface area contributed by atoms with Crippen LogP contribution in [0.5, 0.6) is 0 Å². The number of hydrogen-bond acceptors (Lipinski definition) is 3. The number of nitrogens with zero attached hydrogens (tertiary/aromatic N) is 2. The predicted octanol–water partition coefficient (Wildman–Crippen LogP) is 3.79. The number of halogens is 2. The largest absolute Gasteiger partial charge is 0.308 e. The Labute approximate surface area is 155 Å². The molecule has 0 radical (unpaired) electrons. The number of aromatic amines is 1. The molecule has 1 amide bonds. The number of nitrogens with one attached hydrogen (secondary N) is 2. The minimum atomic E-state index is -0.893. The minimum absolute atomic E-state index is 0.0446. The average molecular weight is 370 g/mol. The molecule has 1 saturated heterocycles. The van der Waals surface area contributed by atoms with Gasteiger partial charge in [0.25, 0.3) is 0 Å². The lowest BCUT2D eigenvalue weighted by Gasteiger charge is -2.27. The third-order valence-electron chi connectivity index (χ3n) is 5.16. The van der Waals surface area contributed by atoms with Crippen LogP contribution in [-0.4, -0.2) is 41.1 Å². The molecular weight excluding hydrogens is 350 g/mol. The maximum atomic E-state index is 14.1. The Morgan fingerprint density at radius 3 is 2.78 bits per heavy atom. The highest BCUT2D eigenvalue weighted by molar-refractivity contribution is 6.01. The van der Waals surface area contributed by atoms with Gasteiger partial charge in [0.1, 0.15) is 0 Å². The Kier molecular flexibility index (Phi) is 4.61. The maximum Gasteiger partial charge on any atom is 0.228 e. The van der Waals surface area contributed by atoms with Crippen molar-refractivity contribution in [1.82, 2.24) is 15.1 Å². The fourth-order valence-corrected chi connectivity index (χ4v) is 3.49. The van der Waals surface area contributed by atoms with Crippen LogP contribution in [-0.2, 0) is 4.79 Å². The summed E-state index contributed by atoms with van der Waals surface area (Å²) in [6.45, 7) is 1.78. The molecule has 1 aliphatic rings. The van der Waals surface area contributed by atoms with E-state index in [-0.39, 0.29) is 17.4 Å². The Hall–Kier alpha value is -2.80.